The van der Waals surface area contributed by atoms with Crippen molar-refractivity contribution < 1.29 is 19.3 Å². The Morgan fingerprint density at radius 3 is 2.00 bits per heavy atom. The fraction of sp³-hybridized carbons (Fsp3) is 0.500. The molecule has 1 rings (SSSR count). The van der Waals surface area contributed by atoms with E-state index < -0.39 is 6.10 Å². The second kappa shape index (κ2) is 6.32. The third kappa shape index (κ3) is 3.01. The van der Waals surface area contributed by atoms with Crippen molar-refractivity contribution in [2.24, 2.45) is 0 Å². The Balaban J connectivity index is 3.17. The molecule has 0 heterocycles. The lowest BCUT2D eigenvalue weighted by Gasteiger charge is -2.16. The highest BCUT2D eigenvalue weighted by Crippen LogP contribution is 2.39. The normalized spacial score (nSPS) is 12.1. The monoisotopic (exact) mass is 241 g/mol. The summed E-state index contributed by atoms with van der Waals surface area (Å²) < 4.78 is 15.6. The summed E-state index contributed by atoms with van der Waals surface area (Å²) in [6.45, 7) is 0.457. The van der Waals surface area contributed by atoms with Gasteiger partial charge in [-0.25, -0.2) is 0 Å². The number of hydrogen-bond acceptors (Lipinski definition) is 5. The van der Waals surface area contributed by atoms with E-state index in [0.29, 0.717) is 29.4 Å². The summed E-state index contributed by atoms with van der Waals surface area (Å²) in [5.74, 6) is 1.60. The Kier molecular flexibility index (Phi) is 5.06. The molecule has 17 heavy (non-hydrogen) atoms. The molecule has 0 bridgehead atoms. The van der Waals surface area contributed by atoms with Crippen LogP contribution in [0.4, 0.5) is 0 Å². The van der Waals surface area contributed by atoms with Gasteiger partial charge in [0.1, 0.15) is 0 Å². The maximum atomic E-state index is 9.91. The van der Waals surface area contributed by atoms with Crippen LogP contribution in [0.1, 0.15) is 11.7 Å². The molecule has 1 unspecified atom stereocenters. The van der Waals surface area contributed by atoms with Crippen LogP contribution in [0.15, 0.2) is 12.1 Å². The fourth-order valence-corrected chi connectivity index (χ4v) is 1.60. The van der Waals surface area contributed by atoms with Crippen molar-refractivity contribution in [3.8, 4) is 17.2 Å². The summed E-state index contributed by atoms with van der Waals surface area (Å²) in [6, 6.07) is 3.48. The highest BCUT2D eigenvalue weighted by Gasteiger charge is 2.16. The molecule has 0 radical (unpaired) electrons. The van der Waals surface area contributed by atoms with E-state index >= 15 is 0 Å². The molecule has 1 atom stereocenters. The molecule has 0 saturated carbocycles. The first-order valence-electron chi connectivity index (χ1n) is 5.30. The molecule has 5 nitrogen and oxygen atoms in total. The van der Waals surface area contributed by atoms with Crippen LogP contribution in [0.5, 0.6) is 17.2 Å². The summed E-state index contributed by atoms with van der Waals surface area (Å²) in [6.07, 6.45) is -0.617. The standard InChI is InChI=1S/C12H19NO4/c1-13-7-9(14)8-5-10(15-2)12(17-4)11(6-8)16-3/h5-6,9,13-14H,7H2,1-4H3. The molecule has 0 spiro atoms. The molecular weight excluding hydrogens is 222 g/mol. The third-order valence-electron chi connectivity index (χ3n) is 2.47. The van der Waals surface area contributed by atoms with Gasteiger partial charge in [-0.05, 0) is 24.7 Å². The Bertz CT molecular complexity index is 343. The second-order valence-corrected chi connectivity index (χ2v) is 3.53. The van der Waals surface area contributed by atoms with E-state index in [-0.39, 0.29) is 0 Å². The van der Waals surface area contributed by atoms with Gasteiger partial charge in [-0.1, -0.05) is 0 Å². The van der Waals surface area contributed by atoms with Crippen molar-refractivity contribution in [3.63, 3.8) is 0 Å². The molecule has 1 aromatic rings. The Hall–Kier alpha value is -1.46. The number of nitrogens with one attached hydrogen (secondary N) is 1. The molecule has 5 heteroatoms. The van der Waals surface area contributed by atoms with Crippen LogP contribution in [0.3, 0.4) is 0 Å². The minimum absolute atomic E-state index is 0.457. The molecule has 0 aliphatic rings. The number of hydrogen-bond donors (Lipinski definition) is 2. The number of aliphatic hydroxyl groups excluding tert-OH is 1. The van der Waals surface area contributed by atoms with E-state index in [1.807, 2.05) is 0 Å². The Morgan fingerprint density at radius 2 is 1.65 bits per heavy atom. The van der Waals surface area contributed by atoms with Crippen LogP contribution < -0.4 is 19.5 Å². The van der Waals surface area contributed by atoms with Crippen molar-refractivity contribution in [2.75, 3.05) is 34.9 Å². The first-order chi connectivity index (χ1) is 8.17. The maximum absolute atomic E-state index is 9.91. The van der Waals surface area contributed by atoms with Gasteiger partial charge in [-0.2, -0.15) is 0 Å². The highest BCUT2D eigenvalue weighted by molar-refractivity contribution is 5.54. The first-order valence-corrected chi connectivity index (χ1v) is 5.30. The minimum Gasteiger partial charge on any atom is -0.493 e. The Morgan fingerprint density at radius 1 is 1.12 bits per heavy atom. The number of rotatable bonds is 6. The first kappa shape index (κ1) is 13.6. The van der Waals surface area contributed by atoms with Crippen LogP contribution >= 0.6 is 0 Å². The van der Waals surface area contributed by atoms with Gasteiger partial charge in [0.05, 0.1) is 27.4 Å². The number of aliphatic hydroxyl groups is 1. The summed E-state index contributed by atoms with van der Waals surface area (Å²) in [5.41, 5.74) is 0.717. The predicted molar refractivity (Wildman–Crippen MR) is 65.0 cm³/mol. The van der Waals surface area contributed by atoms with Gasteiger partial charge in [0, 0.05) is 6.54 Å². The maximum Gasteiger partial charge on any atom is 0.203 e. The SMILES string of the molecule is CNCC(O)c1cc(OC)c(OC)c(OC)c1. The zero-order valence-corrected chi connectivity index (χ0v) is 10.6. The zero-order valence-electron chi connectivity index (χ0n) is 10.6. The van der Waals surface area contributed by atoms with Crippen molar-refractivity contribution >= 4 is 0 Å². The average Bonchev–Trinajstić information content (AvgIpc) is 2.37. The van der Waals surface area contributed by atoms with Crippen molar-refractivity contribution in [1.29, 1.82) is 0 Å². The smallest absolute Gasteiger partial charge is 0.203 e. The van der Waals surface area contributed by atoms with E-state index in [4.69, 9.17) is 14.2 Å². The summed E-state index contributed by atoms with van der Waals surface area (Å²) in [7, 11) is 6.42. The highest BCUT2D eigenvalue weighted by atomic mass is 16.5. The molecule has 0 fully saturated rings. The van der Waals surface area contributed by atoms with Crippen LogP contribution in [0, 0.1) is 0 Å². The van der Waals surface area contributed by atoms with Gasteiger partial charge < -0.3 is 24.6 Å². The molecule has 2 N–H and O–H groups in total. The van der Waals surface area contributed by atoms with Crippen LogP contribution in [0.25, 0.3) is 0 Å². The van der Waals surface area contributed by atoms with Gasteiger partial charge in [-0.3, -0.25) is 0 Å². The molecule has 0 amide bonds. The molecule has 96 valence electrons. The second-order valence-electron chi connectivity index (χ2n) is 3.53. The van der Waals surface area contributed by atoms with E-state index in [0.717, 1.165) is 0 Å². The molecule has 0 saturated heterocycles. The molecular formula is C12H19NO4. The number of benzene rings is 1. The predicted octanol–water partition coefficient (Wildman–Crippen LogP) is 0.965. The zero-order chi connectivity index (χ0) is 12.8. The van der Waals surface area contributed by atoms with Crippen molar-refractivity contribution in [1.82, 2.24) is 5.32 Å². The molecule has 0 aliphatic heterocycles. The molecule has 0 aromatic heterocycles. The van der Waals surface area contributed by atoms with Crippen molar-refractivity contribution in [2.45, 2.75) is 6.10 Å². The summed E-state index contributed by atoms with van der Waals surface area (Å²) in [5, 5.41) is 12.8. The number of ether oxygens (including phenoxy) is 3. The van der Waals surface area contributed by atoms with Gasteiger partial charge in [-0.15, -0.1) is 0 Å². The van der Waals surface area contributed by atoms with E-state index in [9.17, 15) is 5.11 Å². The fourth-order valence-electron chi connectivity index (χ4n) is 1.60. The summed E-state index contributed by atoms with van der Waals surface area (Å²) in [4.78, 5) is 0. The van der Waals surface area contributed by atoms with Gasteiger partial charge in [0.15, 0.2) is 11.5 Å². The van der Waals surface area contributed by atoms with Crippen LogP contribution in [0.2, 0.25) is 0 Å². The van der Waals surface area contributed by atoms with Gasteiger partial charge in [0.25, 0.3) is 0 Å². The van der Waals surface area contributed by atoms with Gasteiger partial charge in [0.2, 0.25) is 5.75 Å². The Labute approximate surface area is 101 Å². The third-order valence-corrected chi connectivity index (χ3v) is 2.47. The van der Waals surface area contributed by atoms with Crippen LogP contribution in [-0.4, -0.2) is 40.0 Å². The number of likely N-dealkylation sites (N-methyl/N-ethyl adjacent to an activating group) is 1. The summed E-state index contributed by atoms with van der Waals surface area (Å²) >= 11 is 0. The topological polar surface area (TPSA) is 60.0 Å². The lowest BCUT2D eigenvalue weighted by atomic mass is 10.1. The van der Waals surface area contributed by atoms with Gasteiger partial charge >= 0.3 is 0 Å². The largest absolute Gasteiger partial charge is 0.493 e. The van der Waals surface area contributed by atoms with E-state index in [1.54, 1.807) is 40.5 Å². The lowest BCUT2D eigenvalue weighted by Crippen LogP contribution is -2.16. The average molecular weight is 241 g/mol. The van der Waals surface area contributed by atoms with E-state index in [2.05, 4.69) is 5.32 Å². The van der Waals surface area contributed by atoms with Crippen molar-refractivity contribution in [3.05, 3.63) is 17.7 Å². The van der Waals surface area contributed by atoms with Crippen LogP contribution in [-0.2, 0) is 0 Å². The molecule has 0 aliphatic carbocycles. The lowest BCUT2D eigenvalue weighted by molar-refractivity contribution is 0.176. The molecule has 1 aromatic carbocycles. The van der Waals surface area contributed by atoms with E-state index in [1.165, 1.54) is 0 Å². The number of methoxy groups -OCH3 is 3. The quantitative estimate of drug-likeness (QED) is 0.777. The minimum atomic E-state index is -0.617.